The van der Waals surface area contributed by atoms with E-state index in [1.807, 2.05) is 19.9 Å². The van der Waals surface area contributed by atoms with Crippen LogP contribution in [0.1, 0.15) is 27.4 Å². The molecule has 0 saturated carbocycles. The number of hydrogen-bond donors (Lipinski definition) is 1. The second-order valence-electron chi connectivity index (χ2n) is 6.64. The van der Waals surface area contributed by atoms with Crippen molar-refractivity contribution in [1.82, 2.24) is 25.3 Å². The van der Waals surface area contributed by atoms with Gasteiger partial charge in [0.15, 0.2) is 11.6 Å². The molecule has 1 aliphatic rings. The van der Waals surface area contributed by atoms with E-state index in [0.29, 0.717) is 17.7 Å². The van der Waals surface area contributed by atoms with Gasteiger partial charge < -0.3 is 10.1 Å². The smallest absolute Gasteiger partial charge is 0.271 e. The minimum absolute atomic E-state index is 0.222. The van der Waals surface area contributed by atoms with Gasteiger partial charge in [-0.1, -0.05) is 0 Å². The summed E-state index contributed by atoms with van der Waals surface area (Å²) >= 11 is 0. The fourth-order valence-electron chi connectivity index (χ4n) is 3.16. The number of nitrogens with zero attached hydrogens (tertiary/aromatic N) is 4. The Balaban J connectivity index is 1.50. The minimum Gasteiger partial charge on any atom is -0.485 e. The Labute approximate surface area is 161 Å². The van der Waals surface area contributed by atoms with E-state index in [2.05, 4.69) is 25.3 Å². The molecule has 3 heterocycles. The number of benzene rings is 1. The predicted octanol–water partition coefficient (Wildman–Crippen LogP) is 2.42. The van der Waals surface area contributed by atoms with Crippen LogP contribution in [0.15, 0.2) is 36.9 Å². The number of ether oxygens (including phenoxy) is 1. The molecule has 28 heavy (non-hydrogen) atoms. The molecule has 2 aromatic heterocycles. The van der Waals surface area contributed by atoms with E-state index >= 15 is 0 Å². The van der Waals surface area contributed by atoms with E-state index in [4.69, 9.17) is 4.74 Å². The topological polar surface area (TPSA) is 89.9 Å². The third-order valence-electron chi connectivity index (χ3n) is 4.49. The Hall–Kier alpha value is -3.42. The van der Waals surface area contributed by atoms with Crippen molar-refractivity contribution >= 4 is 5.91 Å². The van der Waals surface area contributed by atoms with Crippen LogP contribution in [-0.2, 0) is 6.42 Å². The molecule has 0 aliphatic carbocycles. The zero-order valence-corrected chi connectivity index (χ0v) is 15.4. The van der Waals surface area contributed by atoms with Gasteiger partial charge in [0.05, 0.1) is 29.8 Å². The summed E-state index contributed by atoms with van der Waals surface area (Å²) in [4.78, 5) is 28.7. The van der Waals surface area contributed by atoms with Crippen LogP contribution in [0.5, 0.6) is 5.75 Å². The Bertz CT molecular complexity index is 1040. The highest BCUT2D eigenvalue weighted by Crippen LogP contribution is 2.35. The van der Waals surface area contributed by atoms with Gasteiger partial charge in [-0.25, -0.2) is 14.4 Å². The number of amides is 1. The summed E-state index contributed by atoms with van der Waals surface area (Å²) in [7, 11) is 0. The van der Waals surface area contributed by atoms with Gasteiger partial charge in [-0.3, -0.25) is 14.8 Å². The Morgan fingerprint density at radius 2 is 2.11 bits per heavy atom. The van der Waals surface area contributed by atoms with Crippen LogP contribution in [-0.4, -0.2) is 38.5 Å². The molecule has 1 atom stereocenters. The molecule has 0 saturated heterocycles. The molecule has 1 aliphatic heterocycles. The average molecular weight is 379 g/mol. The van der Waals surface area contributed by atoms with Crippen LogP contribution in [0.2, 0.25) is 0 Å². The molecule has 3 aromatic rings. The van der Waals surface area contributed by atoms with E-state index in [1.54, 1.807) is 6.20 Å². The lowest BCUT2D eigenvalue weighted by atomic mass is 10.0. The normalized spacial score (nSPS) is 15.0. The van der Waals surface area contributed by atoms with E-state index in [1.165, 1.54) is 24.7 Å². The van der Waals surface area contributed by atoms with Crippen molar-refractivity contribution in [2.75, 3.05) is 6.54 Å². The Morgan fingerprint density at radius 3 is 2.89 bits per heavy atom. The fourth-order valence-corrected chi connectivity index (χ4v) is 3.16. The number of fused-ring (bicyclic) bond motifs is 1. The summed E-state index contributed by atoms with van der Waals surface area (Å²) in [6, 6.07) is 3.29. The van der Waals surface area contributed by atoms with Crippen molar-refractivity contribution in [3.63, 3.8) is 0 Å². The van der Waals surface area contributed by atoms with Crippen LogP contribution in [0, 0.1) is 19.7 Å². The first-order valence-corrected chi connectivity index (χ1v) is 8.85. The van der Waals surface area contributed by atoms with Gasteiger partial charge >= 0.3 is 0 Å². The first kappa shape index (κ1) is 18.0. The molecule has 0 bridgehead atoms. The molecule has 1 unspecified atom stereocenters. The highest BCUT2D eigenvalue weighted by Gasteiger charge is 2.28. The van der Waals surface area contributed by atoms with Crippen LogP contribution < -0.4 is 10.1 Å². The summed E-state index contributed by atoms with van der Waals surface area (Å²) in [6.07, 6.45) is 6.14. The van der Waals surface area contributed by atoms with Gasteiger partial charge in [0.1, 0.15) is 11.8 Å². The average Bonchev–Trinajstić information content (AvgIpc) is 3.12. The molecule has 1 aromatic carbocycles. The molecule has 0 radical (unpaired) electrons. The highest BCUT2D eigenvalue weighted by molar-refractivity contribution is 5.91. The van der Waals surface area contributed by atoms with Gasteiger partial charge in [-0.05, 0) is 26.0 Å². The van der Waals surface area contributed by atoms with E-state index < -0.39 is 5.82 Å². The number of aromatic nitrogens is 4. The van der Waals surface area contributed by atoms with Crippen molar-refractivity contribution in [2.24, 2.45) is 0 Å². The Morgan fingerprint density at radius 1 is 1.25 bits per heavy atom. The molecule has 0 fully saturated rings. The number of aryl methyl sites for hydroxylation is 2. The van der Waals surface area contributed by atoms with Gasteiger partial charge in [0, 0.05) is 36.1 Å². The summed E-state index contributed by atoms with van der Waals surface area (Å²) in [5, 5.41) is 2.75. The van der Waals surface area contributed by atoms with Crippen LogP contribution >= 0.6 is 0 Å². The maximum atomic E-state index is 14.6. The van der Waals surface area contributed by atoms with Crippen molar-refractivity contribution in [3.05, 3.63) is 65.4 Å². The number of carbonyl (C=O) groups excluding carboxylic acids is 1. The van der Waals surface area contributed by atoms with Crippen molar-refractivity contribution < 1.29 is 13.9 Å². The molecular weight excluding hydrogens is 361 g/mol. The van der Waals surface area contributed by atoms with E-state index in [0.717, 1.165) is 17.0 Å². The zero-order valence-electron chi connectivity index (χ0n) is 15.4. The molecule has 1 amide bonds. The van der Waals surface area contributed by atoms with Crippen LogP contribution in [0.4, 0.5) is 4.39 Å². The quantitative estimate of drug-likeness (QED) is 0.749. The molecular formula is C20H18FN5O2. The lowest BCUT2D eigenvalue weighted by Gasteiger charge is -2.11. The first-order chi connectivity index (χ1) is 13.5. The number of halogens is 1. The molecule has 8 heteroatoms. The molecule has 1 N–H and O–H groups in total. The summed E-state index contributed by atoms with van der Waals surface area (Å²) < 4.78 is 20.3. The highest BCUT2D eigenvalue weighted by atomic mass is 19.1. The number of nitrogens with one attached hydrogen (secondary N) is 1. The molecule has 142 valence electrons. The fraction of sp³-hybridized carbons (Fsp3) is 0.250. The number of carbonyl (C=O) groups is 1. The number of rotatable bonds is 4. The van der Waals surface area contributed by atoms with Crippen molar-refractivity contribution in [3.8, 4) is 17.0 Å². The number of hydrogen-bond acceptors (Lipinski definition) is 6. The van der Waals surface area contributed by atoms with Crippen molar-refractivity contribution in [1.29, 1.82) is 0 Å². The summed E-state index contributed by atoms with van der Waals surface area (Å²) in [5.74, 6) is -0.571. The summed E-state index contributed by atoms with van der Waals surface area (Å²) in [5.41, 5.74) is 3.79. The lowest BCUT2D eigenvalue weighted by molar-refractivity contribution is 0.0927. The van der Waals surface area contributed by atoms with E-state index in [-0.39, 0.29) is 30.0 Å². The van der Waals surface area contributed by atoms with Gasteiger partial charge in [0.25, 0.3) is 5.91 Å². The monoisotopic (exact) mass is 379 g/mol. The van der Waals surface area contributed by atoms with Gasteiger partial charge in [0.2, 0.25) is 0 Å². The second-order valence-corrected chi connectivity index (χ2v) is 6.64. The van der Waals surface area contributed by atoms with Crippen LogP contribution in [0.3, 0.4) is 0 Å². The van der Waals surface area contributed by atoms with Gasteiger partial charge in [-0.2, -0.15) is 0 Å². The van der Waals surface area contributed by atoms with Crippen LogP contribution in [0.25, 0.3) is 11.3 Å². The first-order valence-electron chi connectivity index (χ1n) is 8.85. The Kier molecular flexibility index (Phi) is 4.68. The lowest BCUT2D eigenvalue weighted by Crippen LogP contribution is -2.34. The van der Waals surface area contributed by atoms with Crippen molar-refractivity contribution in [2.45, 2.75) is 26.4 Å². The SMILES string of the molecule is Cc1cnc(C)c(-c2cc(F)c3c(c2)CC(CNC(=O)c2cnccn2)O3)n1. The largest absolute Gasteiger partial charge is 0.485 e. The molecule has 7 nitrogen and oxygen atoms in total. The molecule has 0 spiro atoms. The minimum atomic E-state index is -0.446. The maximum absolute atomic E-state index is 14.6. The van der Waals surface area contributed by atoms with E-state index in [9.17, 15) is 9.18 Å². The predicted molar refractivity (Wildman–Crippen MR) is 99.4 cm³/mol. The zero-order chi connectivity index (χ0) is 19.7. The maximum Gasteiger partial charge on any atom is 0.271 e. The standard InChI is InChI=1S/C20H18FN5O2/c1-11-8-24-12(2)18(26-11)13-5-14-6-15(28-19(14)16(21)7-13)9-25-20(27)17-10-22-3-4-23-17/h3-5,7-8,10,15H,6,9H2,1-2H3,(H,25,27). The summed E-state index contributed by atoms with van der Waals surface area (Å²) in [6.45, 7) is 3.93. The second kappa shape index (κ2) is 7.30. The molecule has 4 rings (SSSR count). The third-order valence-corrected chi connectivity index (χ3v) is 4.49. The third kappa shape index (κ3) is 3.53. The van der Waals surface area contributed by atoms with Gasteiger partial charge in [-0.15, -0.1) is 0 Å².